The third-order valence-corrected chi connectivity index (χ3v) is 5.45. The number of aliphatic imine (C=N–C) groups is 1. The van der Waals surface area contributed by atoms with Crippen molar-refractivity contribution in [3.8, 4) is 0 Å². The van der Waals surface area contributed by atoms with Gasteiger partial charge in [0.25, 0.3) is 0 Å². The molecule has 3 fully saturated rings. The van der Waals surface area contributed by atoms with Crippen molar-refractivity contribution in [2.75, 3.05) is 19.6 Å². The smallest absolute Gasteiger partial charge is 0.346 e. The average molecular weight is 262 g/mol. The lowest BCUT2D eigenvalue weighted by Gasteiger charge is -2.43. The Balaban J connectivity index is 1.68. The van der Waals surface area contributed by atoms with Crippen LogP contribution in [0.15, 0.2) is 4.99 Å². The van der Waals surface area contributed by atoms with E-state index in [0.717, 1.165) is 32.5 Å². The van der Waals surface area contributed by atoms with Crippen LogP contribution >= 0.6 is 0 Å². The molecule has 0 aromatic rings. The molecule has 0 aromatic carbocycles. The second-order valence-corrected chi connectivity index (χ2v) is 6.56. The second kappa shape index (κ2) is 3.95. The summed E-state index contributed by atoms with van der Waals surface area (Å²) in [6, 6.07) is 0.326. The van der Waals surface area contributed by atoms with Gasteiger partial charge in [0.1, 0.15) is 11.4 Å². The molecule has 0 radical (unpaired) electrons. The van der Waals surface area contributed by atoms with Crippen molar-refractivity contribution in [3.05, 3.63) is 0 Å². The number of hydrogen-bond donors (Lipinski definition) is 1. The monoisotopic (exact) mass is 262 g/mol. The molecule has 4 rings (SSSR count). The van der Waals surface area contributed by atoms with E-state index in [-0.39, 0.29) is 11.6 Å². The molecule has 2 N–H and O–H groups in total. The number of carbonyl (C=O) groups is 1. The van der Waals surface area contributed by atoms with E-state index in [1.165, 1.54) is 25.7 Å². The molecule has 2 amide bonds. The fraction of sp³-hybridized carbons (Fsp3) is 0.857. The molecule has 4 aliphatic rings. The van der Waals surface area contributed by atoms with Crippen molar-refractivity contribution in [2.45, 2.75) is 50.1 Å². The lowest BCUT2D eigenvalue weighted by atomic mass is 9.83. The third kappa shape index (κ3) is 1.57. The first-order chi connectivity index (χ1) is 9.22. The van der Waals surface area contributed by atoms with Crippen LogP contribution in [-0.2, 0) is 0 Å². The highest BCUT2D eigenvalue weighted by Gasteiger charge is 2.59. The van der Waals surface area contributed by atoms with Crippen LogP contribution in [0.1, 0.15) is 38.5 Å². The Hall–Kier alpha value is -1.10. The van der Waals surface area contributed by atoms with Gasteiger partial charge >= 0.3 is 6.03 Å². The van der Waals surface area contributed by atoms with Crippen LogP contribution in [0.3, 0.4) is 0 Å². The van der Waals surface area contributed by atoms with Gasteiger partial charge in [0.05, 0.1) is 0 Å². The minimum Gasteiger partial charge on any atom is -0.385 e. The van der Waals surface area contributed by atoms with E-state index in [0.29, 0.717) is 17.8 Å². The summed E-state index contributed by atoms with van der Waals surface area (Å²) in [5.41, 5.74) is 5.96. The highest BCUT2D eigenvalue weighted by molar-refractivity contribution is 6.06. The molecular weight excluding hydrogens is 240 g/mol. The average Bonchev–Trinajstić information content (AvgIpc) is 3.10. The van der Waals surface area contributed by atoms with Gasteiger partial charge in [-0.1, -0.05) is 6.42 Å². The molecule has 2 unspecified atom stereocenters. The molecule has 0 aromatic heterocycles. The molecule has 104 valence electrons. The van der Waals surface area contributed by atoms with Crippen molar-refractivity contribution >= 4 is 11.9 Å². The number of piperidine rings is 1. The third-order valence-electron chi connectivity index (χ3n) is 5.45. The first-order valence-electron chi connectivity index (χ1n) is 7.62. The SMILES string of the molecule is NC1=NC(=O)N(CC2CC2)C12CCN1CCCCC12. The van der Waals surface area contributed by atoms with E-state index in [1.807, 2.05) is 4.90 Å². The lowest BCUT2D eigenvalue weighted by molar-refractivity contribution is 0.104. The predicted molar refractivity (Wildman–Crippen MR) is 73.0 cm³/mol. The molecule has 5 heteroatoms. The maximum atomic E-state index is 12.2. The van der Waals surface area contributed by atoms with Gasteiger partial charge in [0, 0.05) is 19.1 Å². The summed E-state index contributed by atoms with van der Waals surface area (Å²) < 4.78 is 0. The quantitative estimate of drug-likeness (QED) is 0.813. The number of nitrogens with two attached hydrogens (primary N) is 1. The zero-order valence-electron chi connectivity index (χ0n) is 11.3. The number of rotatable bonds is 2. The van der Waals surface area contributed by atoms with Crippen molar-refractivity contribution < 1.29 is 4.79 Å². The van der Waals surface area contributed by atoms with Gasteiger partial charge in [-0.25, -0.2) is 4.79 Å². The zero-order chi connectivity index (χ0) is 13.0. The Bertz CT molecular complexity index is 445. The van der Waals surface area contributed by atoms with Gasteiger partial charge in [0.2, 0.25) is 0 Å². The predicted octanol–water partition coefficient (Wildman–Crippen LogP) is 1.19. The van der Waals surface area contributed by atoms with Crippen molar-refractivity contribution in [2.24, 2.45) is 16.6 Å². The van der Waals surface area contributed by atoms with Crippen molar-refractivity contribution in [3.63, 3.8) is 0 Å². The normalized spacial score (nSPS) is 38.9. The van der Waals surface area contributed by atoms with E-state index in [4.69, 9.17) is 5.73 Å². The first kappa shape index (κ1) is 11.7. The first-order valence-corrected chi connectivity index (χ1v) is 7.62. The summed E-state index contributed by atoms with van der Waals surface area (Å²) in [6.07, 6.45) is 7.18. The van der Waals surface area contributed by atoms with Crippen LogP contribution in [0.5, 0.6) is 0 Å². The number of nitrogens with zero attached hydrogens (tertiary/aromatic N) is 3. The molecule has 2 saturated heterocycles. The maximum Gasteiger partial charge on any atom is 0.346 e. The molecule has 0 bridgehead atoms. The van der Waals surface area contributed by atoms with E-state index in [9.17, 15) is 4.79 Å². The second-order valence-electron chi connectivity index (χ2n) is 6.56. The van der Waals surface area contributed by atoms with Crippen LogP contribution in [0, 0.1) is 5.92 Å². The summed E-state index contributed by atoms with van der Waals surface area (Å²) in [5.74, 6) is 1.28. The molecule has 19 heavy (non-hydrogen) atoms. The summed E-state index contributed by atoms with van der Waals surface area (Å²) in [6.45, 7) is 3.09. The van der Waals surface area contributed by atoms with Gasteiger partial charge in [-0.2, -0.15) is 4.99 Å². The summed E-state index contributed by atoms with van der Waals surface area (Å²) in [7, 11) is 0. The Morgan fingerprint density at radius 1 is 1.26 bits per heavy atom. The number of carbonyl (C=O) groups excluding carboxylic acids is 1. The minimum atomic E-state index is -0.264. The number of fused-ring (bicyclic) bond motifs is 2. The Labute approximate surface area is 113 Å². The summed E-state index contributed by atoms with van der Waals surface area (Å²) in [4.78, 5) is 20.9. The number of amidine groups is 1. The molecule has 3 aliphatic heterocycles. The highest BCUT2D eigenvalue weighted by atomic mass is 16.2. The topological polar surface area (TPSA) is 61.9 Å². The Kier molecular flexibility index (Phi) is 2.43. The molecule has 1 spiro atoms. The Morgan fingerprint density at radius 2 is 2.11 bits per heavy atom. The molecule has 1 saturated carbocycles. The van der Waals surface area contributed by atoms with Crippen molar-refractivity contribution in [1.29, 1.82) is 0 Å². The molecule has 2 atom stereocenters. The Morgan fingerprint density at radius 3 is 2.89 bits per heavy atom. The summed E-state index contributed by atoms with van der Waals surface area (Å²) in [5, 5.41) is 0. The molecule has 5 nitrogen and oxygen atoms in total. The van der Waals surface area contributed by atoms with Gasteiger partial charge in [0.15, 0.2) is 0 Å². The fourth-order valence-electron chi connectivity index (χ4n) is 4.26. The van der Waals surface area contributed by atoms with Crippen LogP contribution < -0.4 is 5.73 Å². The molecule has 3 heterocycles. The van der Waals surface area contributed by atoms with Gasteiger partial charge in [-0.05, 0) is 44.6 Å². The molecular formula is C14H22N4O. The summed E-state index contributed by atoms with van der Waals surface area (Å²) >= 11 is 0. The van der Waals surface area contributed by atoms with Crippen LogP contribution in [0.25, 0.3) is 0 Å². The standard InChI is InChI=1S/C14H22N4O/c15-12-14(6-8-17-7-2-1-3-11(14)17)18(13(19)16-12)9-10-4-5-10/h10-11H,1-9H2,(H2,15,16,19). The fourth-order valence-corrected chi connectivity index (χ4v) is 4.26. The zero-order valence-corrected chi connectivity index (χ0v) is 11.3. The highest BCUT2D eigenvalue weighted by Crippen LogP contribution is 2.44. The van der Waals surface area contributed by atoms with Gasteiger partial charge in [-0.3, -0.25) is 4.90 Å². The van der Waals surface area contributed by atoms with Gasteiger partial charge < -0.3 is 10.6 Å². The number of amides is 2. The number of urea groups is 1. The van der Waals surface area contributed by atoms with E-state index in [1.54, 1.807) is 0 Å². The van der Waals surface area contributed by atoms with E-state index >= 15 is 0 Å². The van der Waals surface area contributed by atoms with Crippen LogP contribution in [-0.4, -0.2) is 52.9 Å². The van der Waals surface area contributed by atoms with Gasteiger partial charge in [-0.15, -0.1) is 0 Å². The van der Waals surface area contributed by atoms with Crippen molar-refractivity contribution in [1.82, 2.24) is 9.80 Å². The lowest BCUT2D eigenvalue weighted by Crippen LogP contribution is -2.62. The largest absolute Gasteiger partial charge is 0.385 e. The number of hydrogen-bond acceptors (Lipinski definition) is 3. The van der Waals surface area contributed by atoms with Crippen LogP contribution in [0.2, 0.25) is 0 Å². The van der Waals surface area contributed by atoms with E-state index < -0.39 is 0 Å². The minimum absolute atomic E-state index is 0.0863. The van der Waals surface area contributed by atoms with E-state index in [2.05, 4.69) is 9.89 Å². The molecule has 1 aliphatic carbocycles. The maximum absolute atomic E-state index is 12.2. The van der Waals surface area contributed by atoms with Crippen LogP contribution in [0.4, 0.5) is 4.79 Å².